The molecule has 134 valence electrons. The van der Waals surface area contributed by atoms with Gasteiger partial charge in [-0.3, -0.25) is 14.9 Å². The summed E-state index contributed by atoms with van der Waals surface area (Å²) in [7, 11) is 1.61. The van der Waals surface area contributed by atoms with Crippen LogP contribution >= 0.6 is 22.7 Å². The molecule has 1 aromatic carbocycles. The quantitative estimate of drug-likeness (QED) is 0.671. The summed E-state index contributed by atoms with van der Waals surface area (Å²) in [5.41, 5.74) is 2.26. The van der Waals surface area contributed by atoms with Crippen molar-refractivity contribution >= 4 is 45.3 Å². The minimum atomic E-state index is -0.195. The molecule has 2 amide bonds. The van der Waals surface area contributed by atoms with E-state index in [9.17, 15) is 9.59 Å². The number of nitrogens with zero attached hydrogens (tertiary/aromatic N) is 1. The van der Waals surface area contributed by atoms with E-state index in [2.05, 4.69) is 15.6 Å². The van der Waals surface area contributed by atoms with E-state index in [1.54, 1.807) is 24.6 Å². The number of rotatable bonds is 6. The molecule has 0 saturated heterocycles. The van der Waals surface area contributed by atoms with Gasteiger partial charge in [-0.2, -0.15) is 0 Å². The van der Waals surface area contributed by atoms with E-state index >= 15 is 0 Å². The van der Waals surface area contributed by atoms with E-state index in [-0.39, 0.29) is 18.2 Å². The van der Waals surface area contributed by atoms with Gasteiger partial charge in [0.2, 0.25) is 5.91 Å². The van der Waals surface area contributed by atoms with Gasteiger partial charge in [-0.1, -0.05) is 6.07 Å². The molecule has 0 aliphatic carbocycles. The number of carbonyl (C=O) groups excluding carboxylic acids is 2. The Morgan fingerprint density at radius 2 is 2.04 bits per heavy atom. The molecule has 2 aromatic heterocycles. The van der Waals surface area contributed by atoms with Gasteiger partial charge in [0.1, 0.15) is 5.75 Å². The Morgan fingerprint density at radius 3 is 2.73 bits per heavy atom. The Bertz CT molecular complexity index is 920. The number of aryl methyl sites for hydroxylation is 1. The molecule has 0 aliphatic heterocycles. The zero-order valence-corrected chi connectivity index (χ0v) is 15.9. The molecule has 0 aliphatic rings. The van der Waals surface area contributed by atoms with Crippen molar-refractivity contribution in [3.05, 3.63) is 57.2 Å². The van der Waals surface area contributed by atoms with E-state index in [1.807, 2.05) is 30.5 Å². The minimum absolute atomic E-state index is 0.135. The Balaban J connectivity index is 1.57. The van der Waals surface area contributed by atoms with Crippen LogP contribution in [-0.4, -0.2) is 23.9 Å². The highest BCUT2D eigenvalue weighted by molar-refractivity contribution is 7.14. The maximum absolute atomic E-state index is 12.2. The van der Waals surface area contributed by atoms with E-state index in [0.717, 1.165) is 11.3 Å². The number of thiazole rings is 1. The zero-order valence-electron chi connectivity index (χ0n) is 14.2. The minimum Gasteiger partial charge on any atom is -0.496 e. The molecule has 0 atom stereocenters. The lowest BCUT2D eigenvalue weighted by atomic mass is 10.2. The first-order valence-electron chi connectivity index (χ1n) is 7.79. The van der Waals surface area contributed by atoms with Crippen LogP contribution in [0.25, 0.3) is 0 Å². The first-order valence-corrected chi connectivity index (χ1v) is 9.55. The second-order valence-corrected chi connectivity index (χ2v) is 7.29. The van der Waals surface area contributed by atoms with E-state index in [0.29, 0.717) is 21.4 Å². The molecule has 8 heteroatoms. The molecule has 0 spiro atoms. The highest BCUT2D eigenvalue weighted by Crippen LogP contribution is 2.22. The number of thiophene rings is 1. The normalized spacial score (nSPS) is 10.4. The average molecular weight is 387 g/mol. The second-order valence-electron chi connectivity index (χ2n) is 5.48. The molecule has 0 bridgehead atoms. The van der Waals surface area contributed by atoms with Crippen molar-refractivity contribution in [2.45, 2.75) is 13.3 Å². The van der Waals surface area contributed by atoms with Crippen LogP contribution in [0.5, 0.6) is 5.75 Å². The molecule has 26 heavy (non-hydrogen) atoms. The number of carbonyl (C=O) groups is 2. The Morgan fingerprint density at radius 1 is 1.19 bits per heavy atom. The topological polar surface area (TPSA) is 80.3 Å². The van der Waals surface area contributed by atoms with Gasteiger partial charge >= 0.3 is 0 Å². The van der Waals surface area contributed by atoms with Crippen molar-refractivity contribution in [2.75, 3.05) is 17.7 Å². The van der Waals surface area contributed by atoms with Gasteiger partial charge in [0.05, 0.1) is 24.1 Å². The van der Waals surface area contributed by atoms with Crippen LogP contribution in [0.15, 0.2) is 41.1 Å². The zero-order chi connectivity index (χ0) is 18.5. The standard InChI is InChI=1S/C18H17N3O3S2/c1-11-8-12(5-6-14(11)24-2)19-16(22)9-13-10-26-18(20-13)21-17(23)15-4-3-7-25-15/h3-8,10H,9H2,1-2H3,(H,19,22)(H,20,21,23). The summed E-state index contributed by atoms with van der Waals surface area (Å²) in [6.45, 7) is 1.91. The first kappa shape index (κ1) is 18.1. The predicted molar refractivity (Wildman–Crippen MR) is 104 cm³/mol. The highest BCUT2D eigenvalue weighted by atomic mass is 32.1. The van der Waals surface area contributed by atoms with Crippen molar-refractivity contribution < 1.29 is 14.3 Å². The third kappa shape index (κ3) is 4.47. The fourth-order valence-corrected chi connectivity index (χ4v) is 3.66. The summed E-state index contributed by atoms with van der Waals surface area (Å²) < 4.78 is 5.21. The summed E-state index contributed by atoms with van der Waals surface area (Å²) in [5.74, 6) is 0.406. The maximum atomic E-state index is 12.2. The van der Waals surface area contributed by atoms with Gasteiger partial charge in [-0.25, -0.2) is 4.98 Å². The van der Waals surface area contributed by atoms with Gasteiger partial charge in [0, 0.05) is 11.1 Å². The molecule has 0 radical (unpaired) electrons. The summed E-state index contributed by atoms with van der Waals surface area (Å²) in [6.07, 6.45) is 0.135. The first-order chi connectivity index (χ1) is 12.5. The third-order valence-corrected chi connectivity index (χ3v) is 5.21. The van der Waals surface area contributed by atoms with Crippen LogP contribution in [0.2, 0.25) is 0 Å². The van der Waals surface area contributed by atoms with Gasteiger partial charge in [0.25, 0.3) is 5.91 Å². The summed E-state index contributed by atoms with van der Waals surface area (Å²) in [5, 5.41) is 9.67. The largest absolute Gasteiger partial charge is 0.496 e. The summed E-state index contributed by atoms with van der Waals surface area (Å²) >= 11 is 2.66. The molecule has 0 unspecified atom stereocenters. The molecular formula is C18H17N3O3S2. The molecule has 3 rings (SSSR count). The lowest BCUT2D eigenvalue weighted by molar-refractivity contribution is -0.115. The number of anilines is 2. The molecule has 2 heterocycles. The summed E-state index contributed by atoms with van der Waals surface area (Å²) in [6, 6.07) is 9.02. The van der Waals surface area contributed by atoms with Gasteiger partial charge in [0.15, 0.2) is 5.13 Å². The smallest absolute Gasteiger partial charge is 0.267 e. The van der Waals surface area contributed by atoms with Crippen molar-refractivity contribution in [1.29, 1.82) is 0 Å². The SMILES string of the molecule is COc1ccc(NC(=O)Cc2csc(NC(=O)c3cccs3)n2)cc1C. The predicted octanol–water partition coefficient (Wildman–Crippen LogP) is 3.96. The van der Waals surface area contributed by atoms with E-state index < -0.39 is 0 Å². The number of hydrogen-bond acceptors (Lipinski definition) is 6. The van der Waals surface area contributed by atoms with Crippen LogP contribution in [0.3, 0.4) is 0 Å². The number of nitrogens with one attached hydrogen (secondary N) is 2. The maximum Gasteiger partial charge on any atom is 0.267 e. The Labute approximate surface area is 158 Å². The fraction of sp³-hybridized carbons (Fsp3) is 0.167. The van der Waals surface area contributed by atoms with E-state index in [4.69, 9.17) is 4.74 Å². The number of methoxy groups -OCH3 is 1. The van der Waals surface area contributed by atoms with Crippen LogP contribution in [0, 0.1) is 6.92 Å². The number of amides is 2. The highest BCUT2D eigenvalue weighted by Gasteiger charge is 2.12. The van der Waals surface area contributed by atoms with Gasteiger partial charge < -0.3 is 10.1 Å². The number of aromatic nitrogens is 1. The average Bonchev–Trinajstić information content (AvgIpc) is 3.27. The monoisotopic (exact) mass is 387 g/mol. The number of hydrogen-bond donors (Lipinski definition) is 2. The summed E-state index contributed by atoms with van der Waals surface area (Å²) in [4.78, 5) is 29.1. The van der Waals surface area contributed by atoms with Crippen molar-refractivity contribution in [2.24, 2.45) is 0 Å². The number of ether oxygens (including phenoxy) is 1. The number of benzene rings is 1. The van der Waals surface area contributed by atoms with Crippen molar-refractivity contribution in [3.8, 4) is 5.75 Å². The molecule has 0 saturated carbocycles. The van der Waals surface area contributed by atoms with E-state index in [1.165, 1.54) is 22.7 Å². The molecule has 3 aromatic rings. The van der Waals surface area contributed by atoms with Crippen LogP contribution in [0.4, 0.5) is 10.8 Å². The molecular weight excluding hydrogens is 370 g/mol. The molecule has 0 fully saturated rings. The fourth-order valence-electron chi connectivity index (χ4n) is 2.34. The van der Waals surface area contributed by atoms with Crippen LogP contribution < -0.4 is 15.4 Å². The lowest BCUT2D eigenvalue weighted by Gasteiger charge is -2.08. The molecule has 6 nitrogen and oxygen atoms in total. The molecule has 2 N–H and O–H groups in total. The Kier molecular flexibility index (Phi) is 5.65. The van der Waals surface area contributed by atoms with Crippen LogP contribution in [-0.2, 0) is 11.2 Å². The lowest BCUT2D eigenvalue weighted by Crippen LogP contribution is -2.15. The Hall–Kier alpha value is -2.71. The van der Waals surface area contributed by atoms with Crippen LogP contribution in [0.1, 0.15) is 20.9 Å². The van der Waals surface area contributed by atoms with Crippen molar-refractivity contribution in [1.82, 2.24) is 4.98 Å². The third-order valence-electron chi connectivity index (χ3n) is 3.54. The van der Waals surface area contributed by atoms with Gasteiger partial charge in [-0.15, -0.1) is 22.7 Å². The second kappa shape index (κ2) is 8.11. The van der Waals surface area contributed by atoms with Crippen molar-refractivity contribution in [3.63, 3.8) is 0 Å². The van der Waals surface area contributed by atoms with Gasteiger partial charge in [-0.05, 0) is 42.1 Å².